The summed E-state index contributed by atoms with van der Waals surface area (Å²) in [6.07, 6.45) is 1.52. The van der Waals surface area contributed by atoms with E-state index in [0.29, 0.717) is 18.1 Å². The van der Waals surface area contributed by atoms with E-state index in [0.717, 1.165) is 17.0 Å². The molecule has 0 unspecified atom stereocenters. The lowest BCUT2D eigenvalue weighted by molar-refractivity contribution is -0.119. The van der Waals surface area contributed by atoms with Crippen molar-refractivity contribution in [1.29, 1.82) is 0 Å². The topological polar surface area (TPSA) is 81.2 Å². The smallest absolute Gasteiger partial charge is 0.259 e. The highest BCUT2D eigenvalue weighted by Gasteiger charge is 2.04. The van der Waals surface area contributed by atoms with E-state index >= 15 is 0 Å². The van der Waals surface area contributed by atoms with Crippen molar-refractivity contribution in [2.24, 2.45) is 5.10 Å². The van der Waals surface area contributed by atoms with Crippen molar-refractivity contribution in [1.82, 2.24) is 5.43 Å². The third-order valence-corrected chi connectivity index (χ3v) is 3.45. The van der Waals surface area contributed by atoms with Crippen molar-refractivity contribution in [2.45, 2.75) is 6.92 Å². The molecule has 2 aromatic rings. The monoisotopic (exact) mass is 357 g/mol. The van der Waals surface area contributed by atoms with E-state index in [1.54, 1.807) is 32.4 Å². The number of nitrogens with zero attached hydrogens (tertiary/aromatic N) is 1. The van der Waals surface area contributed by atoms with Gasteiger partial charge >= 0.3 is 0 Å². The number of hydrazone groups is 1. The van der Waals surface area contributed by atoms with Crippen LogP contribution in [0.1, 0.15) is 12.5 Å². The first-order valence-corrected chi connectivity index (χ1v) is 8.17. The van der Waals surface area contributed by atoms with E-state index in [2.05, 4.69) is 15.8 Å². The molecule has 0 aromatic heterocycles. The van der Waals surface area contributed by atoms with Crippen LogP contribution in [0.5, 0.6) is 17.2 Å². The number of hydrogen-bond acceptors (Lipinski definition) is 6. The van der Waals surface area contributed by atoms with Crippen molar-refractivity contribution in [3.8, 4) is 17.2 Å². The molecule has 26 heavy (non-hydrogen) atoms. The Morgan fingerprint density at radius 3 is 2.46 bits per heavy atom. The summed E-state index contributed by atoms with van der Waals surface area (Å²) in [4.78, 5) is 11.9. The van der Waals surface area contributed by atoms with Crippen molar-refractivity contribution in [3.05, 3.63) is 48.0 Å². The maximum atomic E-state index is 11.9. The summed E-state index contributed by atoms with van der Waals surface area (Å²) in [5.41, 5.74) is 4.02. The third kappa shape index (κ3) is 5.70. The highest BCUT2D eigenvalue weighted by molar-refractivity contribution is 5.86. The summed E-state index contributed by atoms with van der Waals surface area (Å²) >= 11 is 0. The minimum atomic E-state index is -0.261. The minimum Gasteiger partial charge on any atom is -0.497 e. The van der Waals surface area contributed by atoms with E-state index in [9.17, 15) is 4.79 Å². The van der Waals surface area contributed by atoms with Gasteiger partial charge in [0.1, 0.15) is 17.2 Å². The van der Waals surface area contributed by atoms with Crippen LogP contribution in [0.4, 0.5) is 5.69 Å². The molecule has 7 nitrogen and oxygen atoms in total. The average Bonchev–Trinajstić information content (AvgIpc) is 2.68. The largest absolute Gasteiger partial charge is 0.497 e. The minimum absolute atomic E-state index is 0.102. The van der Waals surface area contributed by atoms with E-state index in [4.69, 9.17) is 14.2 Å². The number of ether oxygens (including phenoxy) is 3. The Balaban J connectivity index is 1.83. The molecule has 7 heteroatoms. The van der Waals surface area contributed by atoms with Crippen LogP contribution in [0, 0.1) is 0 Å². The first-order chi connectivity index (χ1) is 12.7. The Morgan fingerprint density at radius 1 is 1.08 bits per heavy atom. The SMILES string of the molecule is CCOc1ccc(NCC(=O)NN=Cc2ccc(OC)cc2OC)cc1. The molecule has 0 fully saturated rings. The molecule has 2 N–H and O–H groups in total. The number of amides is 1. The molecule has 0 aliphatic rings. The standard InChI is InChI=1S/C19H23N3O4/c1-4-26-16-9-6-15(7-10-16)20-13-19(23)22-21-12-14-5-8-17(24-2)11-18(14)25-3/h5-12,20H,4,13H2,1-3H3,(H,22,23). The van der Waals surface area contributed by atoms with Crippen LogP contribution in [0.2, 0.25) is 0 Å². The quantitative estimate of drug-likeness (QED) is 0.533. The second-order valence-corrected chi connectivity index (χ2v) is 5.21. The van der Waals surface area contributed by atoms with E-state index in [1.165, 1.54) is 6.21 Å². The zero-order chi connectivity index (χ0) is 18.8. The molecule has 138 valence electrons. The van der Waals surface area contributed by atoms with Crippen molar-refractivity contribution < 1.29 is 19.0 Å². The lowest BCUT2D eigenvalue weighted by atomic mass is 10.2. The average molecular weight is 357 g/mol. The molecular formula is C19H23N3O4. The van der Waals surface area contributed by atoms with Gasteiger partial charge in [-0.3, -0.25) is 4.79 Å². The Hall–Kier alpha value is -3.22. The Morgan fingerprint density at radius 2 is 1.81 bits per heavy atom. The Labute approximate surface area is 153 Å². The molecule has 0 saturated heterocycles. The number of hydrogen-bond donors (Lipinski definition) is 2. The summed E-state index contributed by atoms with van der Waals surface area (Å²) in [7, 11) is 3.14. The molecule has 0 aliphatic carbocycles. The van der Waals surface area contributed by atoms with Crippen LogP contribution in [-0.2, 0) is 4.79 Å². The van der Waals surface area contributed by atoms with Crippen LogP contribution in [0.25, 0.3) is 0 Å². The number of benzene rings is 2. The fourth-order valence-electron chi connectivity index (χ4n) is 2.16. The molecule has 1 amide bonds. The zero-order valence-corrected chi connectivity index (χ0v) is 15.1. The lowest BCUT2D eigenvalue weighted by Gasteiger charge is -2.08. The Bertz CT molecular complexity index is 745. The number of carbonyl (C=O) groups is 1. The fraction of sp³-hybridized carbons (Fsp3) is 0.263. The van der Waals surface area contributed by atoms with Gasteiger partial charge in [-0.05, 0) is 43.3 Å². The van der Waals surface area contributed by atoms with Gasteiger partial charge in [0.15, 0.2) is 0 Å². The molecular weight excluding hydrogens is 334 g/mol. The van der Waals surface area contributed by atoms with Gasteiger partial charge in [0, 0.05) is 17.3 Å². The number of carbonyl (C=O) groups excluding carboxylic acids is 1. The third-order valence-electron chi connectivity index (χ3n) is 3.45. The highest BCUT2D eigenvalue weighted by Crippen LogP contribution is 2.23. The van der Waals surface area contributed by atoms with Crippen LogP contribution in [0.15, 0.2) is 47.6 Å². The second kappa shape index (κ2) is 9.93. The van der Waals surface area contributed by atoms with Crippen LogP contribution in [-0.4, -0.2) is 39.5 Å². The number of nitrogens with one attached hydrogen (secondary N) is 2. The van der Waals surface area contributed by atoms with Gasteiger partial charge in [0.2, 0.25) is 0 Å². The first kappa shape index (κ1) is 19.1. The normalized spacial score (nSPS) is 10.4. The summed E-state index contributed by atoms with van der Waals surface area (Å²) in [6.45, 7) is 2.65. The van der Waals surface area contributed by atoms with Gasteiger partial charge in [-0.2, -0.15) is 5.10 Å². The van der Waals surface area contributed by atoms with Crippen molar-refractivity contribution in [2.75, 3.05) is 32.7 Å². The number of methoxy groups -OCH3 is 2. The number of anilines is 1. The molecule has 0 spiro atoms. The maximum Gasteiger partial charge on any atom is 0.259 e. The van der Waals surface area contributed by atoms with Gasteiger partial charge < -0.3 is 19.5 Å². The molecule has 2 aromatic carbocycles. The molecule has 0 aliphatic heterocycles. The van der Waals surface area contributed by atoms with Crippen molar-refractivity contribution in [3.63, 3.8) is 0 Å². The van der Waals surface area contributed by atoms with E-state index in [1.807, 2.05) is 31.2 Å². The van der Waals surface area contributed by atoms with Crippen LogP contribution < -0.4 is 25.0 Å². The summed E-state index contributed by atoms with van der Waals surface area (Å²) in [5.74, 6) is 1.82. The van der Waals surface area contributed by atoms with Gasteiger partial charge in [-0.1, -0.05) is 0 Å². The molecule has 0 bridgehead atoms. The zero-order valence-electron chi connectivity index (χ0n) is 15.1. The van der Waals surface area contributed by atoms with Crippen LogP contribution >= 0.6 is 0 Å². The summed E-state index contributed by atoms with van der Waals surface area (Å²) in [5, 5.41) is 6.97. The summed E-state index contributed by atoms with van der Waals surface area (Å²) in [6, 6.07) is 12.7. The van der Waals surface area contributed by atoms with E-state index in [-0.39, 0.29) is 12.5 Å². The van der Waals surface area contributed by atoms with Crippen LogP contribution in [0.3, 0.4) is 0 Å². The molecule has 0 radical (unpaired) electrons. The van der Waals surface area contributed by atoms with Gasteiger partial charge in [0.25, 0.3) is 5.91 Å². The predicted octanol–water partition coefficient (Wildman–Crippen LogP) is 2.66. The lowest BCUT2D eigenvalue weighted by Crippen LogP contribution is -2.25. The van der Waals surface area contributed by atoms with E-state index < -0.39 is 0 Å². The van der Waals surface area contributed by atoms with Gasteiger partial charge in [-0.15, -0.1) is 0 Å². The van der Waals surface area contributed by atoms with Gasteiger partial charge in [0.05, 0.1) is 33.6 Å². The molecule has 2 rings (SSSR count). The predicted molar refractivity (Wildman–Crippen MR) is 101 cm³/mol. The second-order valence-electron chi connectivity index (χ2n) is 5.21. The molecule has 0 heterocycles. The number of rotatable bonds is 9. The molecule has 0 atom stereocenters. The molecule has 0 saturated carbocycles. The van der Waals surface area contributed by atoms with Gasteiger partial charge in [-0.25, -0.2) is 5.43 Å². The maximum absolute atomic E-state index is 11.9. The summed E-state index contributed by atoms with van der Waals surface area (Å²) < 4.78 is 15.8. The van der Waals surface area contributed by atoms with Crippen molar-refractivity contribution >= 4 is 17.8 Å². The Kier molecular flexibility index (Phi) is 7.30. The highest BCUT2D eigenvalue weighted by atomic mass is 16.5. The fourth-order valence-corrected chi connectivity index (χ4v) is 2.16. The first-order valence-electron chi connectivity index (χ1n) is 8.17.